The molecule has 1 aliphatic carbocycles. The molecule has 1 saturated carbocycles. The second kappa shape index (κ2) is 6.43. The highest BCUT2D eigenvalue weighted by Gasteiger charge is 2.42. The molecule has 0 aliphatic heterocycles. The van der Waals surface area contributed by atoms with Gasteiger partial charge in [0.05, 0.1) is 12.0 Å². The predicted molar refractivity (Wildman–Crippen MR) is 73.2 cm³/mol. The normalized spacial score (nSPS) is 25.4. The fourth-order valence-electron chi connectivity index (χ4n) is 2.74. The van der Waals surface area contributed by atoms with E-state index in [2.05, 4.69) is 20.9 Å². The van der Waals surface area contributed by atoms with Crippen LogP contribution < -0.4 is 0 Å². The Kier molecular flexibility index (Phi) is 5.07. The number of hydrogen-bond acceptors (Lipinski definition) is 2. The second-order valence-electron chi connectivity index (χ2n) is 5.39. The first-order chi connectivity index (χ1) is 9.36. The van der Waals surface area contributed by atoms with Crippen LogP contribution in [0.15, 0.2) is 22.8 Å². The average molecular weight is 352 g/mol. The zero-order valence-corrected chi connectivity index (χ0v) is 12.5. The van der Waals surface area contributed by atoms with Crippen molar-refractivity contribution in [3.8, 4) is 0 Å². The molecule has 1 aliphatic rings. The Morgan fingerprint density at radius 2 is 1.90 bits per heavy atom. The highest BCUT2D eigenvalue weighted by molar-refractivity contribution is 9.10. The Hall–Kier alpha value is -0.620. The molecule has 2 nitrogen and oxygen atoms in total. The number of alkyl halides is 3. The topological polar surface area (TPSA) is 33.1 Å². The number of aliphatic hydroxyl groups excluding tert-OH is 1. The molecule has 0 radical (unpaired) electrons. The van der Waals surface area contributed by atoms with Crippen molar-refractivity contribution in [2.24, 2.45) is 11.8 Å². The number of hydrogen-bond donors (Lipinski definition) is 1. The van der Waals surface area contributed by atoms with Crippen molar-refractivity contribution in [3.63, 3.8) is 0 Å². The lowest BCUT2D eigenvalue weighted by Crippen LogP contribution is -2.32. The quantitative estimate of drug-likeness (QED) is 0.888. The van der Waals surface area contributed by atoms with Crippen LogP contribution in [0.3, 0.4) is 0 Å². The summed E-state index contributed by atoms with van der Waals surface area (Å²) in [5, 5.41) is 10.2. The minimum absolute atomic E-state index is 0.0564. The summed E-state index contributed by atoms with van der Waals surface area (Å²) in [4.78, 5) is 4.18. The lowest BCUT2D eigenvalue weighted by molar-refractivity contribution is -0.185. The first kappa shape index (κ1) is 15.8. The first-order valence-corrected chi connectivity index (χ1v) is 7.51. The van der Waals surface area contributed by atoms with Crippen LogP contribution in [0, 0.1) is 11.8 Å². The van der Waals surface area contributed by atoms with Crippen LogP contribution in [0.1, 0.15) is 31.4 Å². The summed E-state index contributed by atoms with van der Waals surface area (Å²) in [6.45, 7) is 0. The zero-order valence-electron chi connectivity index (χ0n) is 10.9. The number of pyridine rings is 1. The molecule has 0 saturated heterocycles. The summed E-state index contributed by atoms with van der Waals surface area (Å²) in [7, 11) is 0. The third-order valence-corrected chi connectivity index (χ3v) is 4.45. The molecular weight excluding hydrogens is 335 g/mol. The third kappa shape index (κ3) is 4.19. The van der Waals surface area contributed by atoms with Crippen molar-refractivity contribution in [2.45, 2.75) is 44.4 Å². The van der Waals surface area contributed by atoms with Gasteiger partial charge in [0.25, 0.3) is 0 Å². The summed E-state index contributed by atoms with van der Waals surface area (Å²) in [5.74, 6) is -1.25. The van der Waals surface area contributed by atoms with Crippen LogP contribution in [-0.2, 0) is 6.42 Å². The maximum Gasteiger partial charge on any atom is 0.391 e. The molecule has 1 N–H and O–H groups in total. The molecule has 0 bridgehead atoms. The van der Waals surface area contributed by atoms with Crippen molar-refractivity contribution in [1.29, 1.82) is 0 Å². The maximum atomic E-state index is 12.6. The molecule has 0 amide bonds. The fraction of sp³-hybridized carbons (Fsp3) is 0.643. The van der Waals surface area contributed by atoms with Crippen molar-refractivity contribution in [2.75, 3.05) is 0 Å². The first-order valence-electron chi connectivity index (χ1n) is 6.71. The highest BCUT2D eigenvalue weighted by Crippen LogP contribution is 2.40. The van der Waals surface area contributed by atoms with E-state index in [1.807, 2.05) is 12.1 Å². The maximum absolute atomic E-state index is 12.6. The van der Waals surface area contributed by atoms with Gasteiger partial charge in [-0.1, -0.05) is 0 Å². The van der Waals surface area contributed by atoms with E-state index < -0.39 is 18.2 Å². The molecule has 1 aromatic rings. The van der Waals surface area contributed by atoms with Crippen LogP contribution in [0.25, 0.3) is 0 Å². The highest BCUT2D eigenvalue weighted by atomic mass is 79.9. The van der Waals surface area contributed by atoms with Gasteiger partial charge in [-0.05, 0) is 59.7 Å². The summed E-state index contributed by atoms with van der Waals surface area (Å²) in [6, 6.07) is 3.66. The fourth-order valence-corrected chi connectivity index (χ4v) is 2.97. The lowest BCUT2D eigenvalue weighted by Gasteiger charge is -2.32. The van der Waals surface area contributed by atoms with Gasteiger partial charge in [0.1, 0.15) is 0 Å². The largest absolute Gasteiger partial charge is 0.392 e. The Morgan fingerprint density at radius 1 is 1.25 bits per heavy atom. The Balaban J connectivity index is 1.85. The van der Waals surface area contributed by atoms with E-state index in [0.717, 1.165) is 10.2 Å². The SMILES string of the molecule is OC(Cc1ccc(Br)cn1)C1CCC(C(F)(F)F)CC1. The molecule has 1 atom stereocenters. The van der Waals surface area contributed by atoms with Crippen LogP contribution in [0.2, 0.25) is 0 Å². The molecular formula is C14H17BrF3NO. The standard InChI is InChI=1S/C14H17BrF3NO/c15-11-5-6-12(19-8-11)7-13(20)9-1-3-10(4-2-9)14(16,17)18/h5-6,8-10,13,20H,1-4,7H2. The van der Waals surface area contributed by atoms with E-state index >= 15 is 0 Å². The van der Waals surface area contributed by atoms with Gasteiger partial charge >= 0.3 is 6.18 Å². The van der Waals surface area contributed by atoms with Crippen molar-refractivity contribution in [1.82, 2.24) is 4.98 Å². The van der Waals surface area contributed by atoms with Crippen LogP contribution in [0.4, 0.5) is 13.2 Å². The minimum atomic E-state index is -4.09. The number of nitrogens with zero attached hydrogens (tertiary/aromatic N) is 1. The van der Waals surface area contributed by atoms with Crippen LogP contribution in [-0.4, -0.2) is 22.4 Å². The Morgan fingerprint density at radius 3 is 2.40 bits per heavy atom. The monoisotopic (exact) mass is 351 g/mol. The minimum Gasteiger partial charge on any atom is -0.392 e. The lowest BCUT2D eigenvalue weighted by atomic mass is 9.78. The van der Waals surface area contributed by atoms with Gasteiger partial charge in [-0.2, -0.15) is 13.2 Å². The predicted octanol–water partition coefficient (Wildman–Crippen LogP) is 4.12. The average Bonchev–Trinajstić information content (AvgIpc) is 2.40. The zero-order chi connectivity index (χ0) is 14.8. The molecule has 6 heteroatoms. The van der Waals surface area contributed by atoms with Crippen LogP contribution >= 0.6 is 15.9 Å². The molecule has 1 fully saturated rings. The van der Waals surface area contributed by atoms with Gasteiger partial charge in [0.15, 0.2) is 0 Å². The van der Waals surface area contributed by atoms with Crippen molar-refractivity contribution < 1.29 is 18.3 Å². The van der Waals surface area contributed by atoms with E-state index in [1.165, 1.54) is 0 Å². The number of rotatable bonds is 3. The molecule has 20 heavy (non-hydrogen) atoms. The Bertz CT molecular complexity index is 427. The molecule has 1 heterocycles. The summed E-state index contributed by atoms with van der Waals surface area (Å²) in [5.41, 5.74) is 0.763. The smallest absolute Gasteiger partial charge is 0.391 e. The van der Waals surface area contributed by atoms with Crippen LogP contribution in [0.5, 0.6) is 0 Å². The second-order valence-corrected chi connectivity index (χ2v) is 6.31. The molecule has 1 aromatic heterocycles. The molecule has 1 unspecified atom stereocenters. The van der Waals surface area contributed by atoms with Crippen molar-refractivity contribution in [3.05, 3.63) is 28.5 Å². The van der Waals surface area contributed by atoms with Gasteiger partial charge < -0.3 is 5.11 Å². The summed E-state index contributed by atoms with van der Waals surface area (Å²) < 4.78 is 38.6. The summed E-state index contributed by atoms with van der Waals surface area (Å²) in [6.07, 6.45) is -1.54. The number of aromatic nitrogens is 1. The summed E-state index contributed by atoms with van der Waals surface area (Å²) >= 11 is 3.28. The number of aliphatic hydroxyl groups is 1. The third-order valence-electron chi connectivity index (χ3n) is 3.99. The Labute approximate surface area is 124 Å². The van der Waals surface area contributed by atoms with E-state index in [9.17, 15) is 18.3 Å². The van der Waals surface area contributed by atoms with Gasteiger partial charge in [-0.3, -0.25) is 4.98 Å². The molecule has 0 spiro atoms. The van der Waals surface area contributed by atoms with Gasteiger partial charge in [-0.25, -0.2) is 0 Å². The van der Waals surface area contributed by atoms with E-state index in [1.54, 1.807) is 6.20 Å². The van der Waals surface area contributed by atoms with Gasteiger partial charge in [0, 0.05) is 22.8 Å². The van der Waals surface area contributed by atoms with Gasteiger partial charge in [0.2, 0.25) is 0 Å². The van der Waals surface area contributed by atoms with Crippen molar-refractivity contribution >= 4 is 15.9 Å². The van der Waals surface area contributed by atoms with Gasteiger partial charge in [-0.15, -0.1) is 0 Å². The molecule has 112 valence electrons. The van der Waals surface area contributed by atoms with E-state index in [4.69, 9.17) is 0 Å². The number of halogens is 4. The molecule has 0 aromatic carbocycles. The van der Waals surface area contributed by atoms with E-state index in [-0.39, 0.29) is 18.8 Å². The molecule has 2 rings (SSSR count). The van der Waals surface area contributed by atoms with E-state index in [0.29, 0.717) is 19.3 Å².